The molecule has 1 heterocycles. The highest BCUT2D eigenvalue weighted by molar-refractivity contribution is 7.44. The van der Waals surface area contributed by atoms with Crippen LogP contribution in [0.4, 0.5) is 0 Å². The summed E-state index contributed by atoms with van der Waals surface area (Å²) >= 11 is 2.83. The zero-order valence-corrected chi connectivity index (χ0v) is 36.6. The summed E-state index contributed by atoms with van der Waals surface area (Å²) in [4.78, 5) is 73.5. The van der Waals surface area contributed by atoms with E-state index in [-0.39, 0.29) is 50.3 Å². The summed E-state index contributed by atoms with van der Waals surface area (Å²) in [5.41, 5.74) is -3.63. The molecule has 0 spiro atoms. The minimum absolute atomic E-state index is 0.0101. The predicted molar refractivity (Wildman–Crippen MR) is 212 cm³/mol. The third kappa shape index (κ3) is 11.6. The van der Waals surface area contributed by atoms with E-state index in [9.17, 15) is 24.0 Å². The number of carbonyl (C=O) groups is 5. The maximum atomic E-state index is 13.7. The van der Waals surface area contributed by atoms with Gasteiger partial charge in [0.1, 0.15) is 11.4 Å². The molecule has 322 valence electrons. The molecule has 0 N–H and O–H groups in total. The van der Waals surface area contributed by atoms with E-state index in [4.69, 9.17) is 32.9 Å². The van der Waals surface area contributed by atoms with E-state index in [2.05, 4.69) is 19.5 Å². The molecule has 12 nitrogen and oxygen atoms in total. The molecule has 0 amide bonds. The van der Waals surface area contributed by atoms with Gasteiger partial charge in [-0.1, -0.05) is 27.7 Å². The second kappa shape index (κ2) is 19.4. The maximum Gasteiger partial charge on any atom is 0.312 e. The average molecular weight is 821 g/mol. The molecule has 13 heteroatoms. The molecule has 0 aromatic carbocycles. The molecule has 0 radical (unpaired) electrons. The number of allylic oxidation sites excluding steroid dienone is 2. The number of hydrogen-bond acceptors (Lipinski definition) is 13. The van der Waals surface area contributed by atoms with E-state index in [1.165, 1.54) is 48.7 Å². The number of cyclic esters (lactones) is 1. The molecule has 10 unspecified atom stereocenters. The molecule has 6 rings (SSSR count). The van der Waals surface area contributed by atoms with Gasteiger partial charge in [-0.2, -0.15) is 9.10 Å². The van der Waals surface area contributed by atoms with Crippen molar-refractivity contribution in [2.45, 2.75) is 144 Å². The lowest BCUT2D eigenvalue weighted by Crippen LogP contribution is -2.47. The highest BCUT2D eigenvalue weighted by atomic mass is 32.1. The number of hydrogen-bond donors (Lipinski definition) is 0. The predicted octanol–water partition coefficient (Wildman–Crippen LogP) is 7.78. The number of carbonyl (C=O) groups excluding carboxylic acids is 5. The fourth-order valence-electron chi connectivity index (χ4n) is 11.5. The smallest absolute Gasteiger partial charge is 0.312 e. The van der Waals surface area contributed by atoms with Crippen molar-refractivity contribution >= 4 is 42.2 Å². The van der Waals surface area contributed by atoms with Crippen LogP contribution in [0.1, 0.15) is 139 Å². The molecule has 57 heavy (non-hydrogen) atoms. The fourth-order valence-corrected chi connectivity index (χ4v) is 11.5. The minimum Gasteiger partial charge on any atom is -0.469 e. The summed E-state index contributed by atoms with van der Waals surface area (Å²) in [5, 5.41) is 0. The van der Waals surface area contributed by atoms with Crippen LogP contribution in [0, 0.1) is 63.6 Å². The summed E-state index contributed by atoms with van der Waals surface area (Å²) < 4.78 is 29.2. The number of ketones is 1. The quantitative estimate of drug-likeness (QED) is 0.0394. The first-order valence-electron chi connectivity index (χ1n) is 21.1. The normalized spacial score (nSPS) is 32.2. The lowest BCUT2D eigenvalue weighted by Gasteiger charge is -2.40. The van der Waals surface area contributed by atoms with Gasteiger partial charge in [-0.05, 0) is 126 Å². The third-order valence-corrected chi connectivity index (χ3v) is 13.8. The summed E-state index contributed by atoms with van der Waals surface area (Å²) in [5.74, 6) is 6.08. The van der Waals surface area contributed by atoms with Gasteiger partial charge >= 0.3 is 23.9 Å². The molecular weight excluding hydrogens is 753 g/mol. The Morgan fingerprint density at radius 2 is 1.61 bits per heavy atom. The van der Waals surface area contributed by atoms with Crippen molar-refractivity contribution in [2.75, 3.05) is 26.9 Å². The van der Waals surface area contributed by atoms with Crippen LogP contribution in [0.5, 0.6) is 0 Å². The topological polar surface area (TPSA) is 158 Å². The summed E-state index contributed by atoms with van der Waals surface area (Å²) in [6.07, 6.45) is 11.7. The van der Waals surface area contributed by atoms with Crippen molar-refractivity contribution in [3.05, 3.63) is 11.8 Å². The van der Waals surface area contributed by atoms with E-state index in [0.29, 0.717) is 37.9 Å². The van der Waals surface area contributed by atoms with Gasteiger partial charge in [0.2, 0.25) is 0 Å². The Balaban J connectivity index is 0.000000390. The Kier molecular flexibility index (Phi) is 15.9. The Morgan fingerprint density at radius 3 is 2.25 bits per heavy atom. The molecule has 1 saturated heterocycles. The van der Waals surface area contributed by atoms with Gasteiger partial charge in [0.25, 0.3) is 0 Å². The van der Waals surface area contributed by atoms with E-state index in [1.54, 1.807) is 59.8 Å². The van der Waals surface area contributed by atoms with Gasteiger partial charge in [0, 0.05) is 31.8 Å². The first-order valence-corrected chi connectivity index (χ1v) is 21.5. The van der Waals surface area contributed by atoms with Crippen molar-refractivity contribution in [3.63, 3.8) is 0 Å². The molecule has 5 fully saturated rings. The number of rotatable bonds is 15. The molecule has 4 saturated carbocycles. The van der Waals surface area contributed by atoms with Crippen LogP contribution in [0.25, 0.3) is 0 Å². The Bertz CT molecular complexity index is 1490. The molecule has 4 bridgehead atoms. The molecule has 6 aliphatic rings. The van der Waals surface area contributed by atoms with Crippen LogP contribution < -0.4 is 0 Å². The standard InChI is InChI=1S/C31H48O11.C13H20.OS/c1-9-21(25(34)37-8)16-30(6,27(36)41-31(7)11-14-38-24(33)19-31)20-29(4,5)26(35)39-12-10-13-40-42-23-15-22(32)17-28(2,3)18-23;1-7-4-10-6-11(7)13-9-3-2-8(5-9)12(10)13;1-2/h15,21H,9-14,16-20H2,1-8H3;7-13H,2-6H2,1H3;. The highest BCUT2D eigenvalue weighted by Gasteiger charge is 2.61. The number of methoxy groups -OCH3 is 1. The zero-order chi connectivity index (χ0) is 42.3. The lowest BCUT2D eigenvalue weighted by atomic mass is 9.68. The molecular formula is C44H68O12S. The van der Waals surface area contributed by atoms with Crippen molar-refractivity contribution in [2.24, 2.45) is 63.6 Å². The highest BCUT2D eigenvalue weighted by Crippen LogP contribution is 2.68. The Labute approximate surface area is 345 Å². The molecule has 0 aromatic rings. The molecule has 1 aliphatic heterocycles. The summed E-state index contributed by atoms with van der Waals surface area (Å²) in [7, 11) is 1.29. The SMILES string of the molecule is CC1CC2CC1C1C3CCC(C3)C21.CCC(CC(C)(CC(C)(C)C(=O)OCCCOOC1=CC(=O)CC(C)(C)C1)C(=O)OC1(C)CCOC(=O)C1)C(=O)OC.O=S. The van der Waals surface area contributed by atoms with Crippen LogP contribution in [0.2, 0.25) is 0 Å². The number of ether oxygens (including phenoxy) is 4. The second-order valence-electron chi connectivity index (χ2n) is 19.8. The van der Waals surface area contributed by atoms with Gasteiger partial charge in [0.05, 0.1) is 50.1 Å². The average Bonchev–Trinajstić information content (AvgIpc) is 3.93. The number of esters is 4. The van der Waals surface area contributed by atoms with Crippen LogP contribution in [-0.2, 0) is 65.2 Å². The Hall–Kier alpha value is -2.93. The van der Waals surface area contributed by atoms with Crippen LogP contribution >= 0.6 is 0 Å². The minimum atomic E-state index is -1.27. The second-order valence-corrected chi connectivity index (χ2v) is 19.8. The Morgan fingerprint density at radius 1 is 0.930 bits per heavy atom. The molecule has 5 aliphatic carbocycles. The van der Waals surface area contributed by atoms with Crippen molar-refractivity contribution in [1.29, 1.82) is 0 Å². The van der Waals surface area contributed by atoms with Gasteiger partial charge < -0.3 is 23.8 Å². The van der Waals surface area contributed by atoms with E-state index < -0.39 is 46.2 Å². The van der Waals surface area contributed by atoms with Crippen LogP contribution in [0.15, 0.2) is 11.8 Å². The van der Waals surface area contributed by atoms with Gasteiger partial charge in [-0.3, -0.25) is 24.0 Å². The first kappa shape index (κ1) is 46.8. The van der Waals surface area contributed by atoms with Crippen molar-refractivity contribution in [1.82, 2.24) is 0 Å². The van der Waals surface area contributed by atoms with Crippen LogP contribution in [0.3, 0.4) is 0 Å². The van der Waals surface area contributed by atoms with E-state index >= 15 is 0 Å². The zero-order valence-electron chi connectivity index (χ0n) is 35.8. The first-order chi connectivity index (χ1) is 26.8. The lowest BCUT2D eigenvalue weighted by molar-refractivity contribution is -0.267. The molecule has 10 atom stereocenters. The summed E-state index contributed by atoms with van der Waals surface area (Å²) in [6, 6.07) is 0. The molecule has 0 aromatic heterocycles. The number of fused-ring (bicyclic) bond motifs is 9. The largest absolute Gasteiger partial charge is 0.469 e. The van der Waals surface area contributed by atoms with Gasteiger partial charge in [-0.25, -0.2) is 0 Å². The van der Waals surface area contributed by atoms with Crippen molar-refractivity contribution < 1.29 is 56.9 Å². The monoisotopic (exact) mass is 820 g/mol. The van der Waals surface area contributed by atoms with Crippen LogP contribution in [-0.4, -0.2) is 66.4 Å². The van der Waals surface area contributed by atoms with E-state index in [0.717, 1.165) is 5.92 Å². The fraction of sp³-hybridized carbons (Fsp3) is 0.841. The maximum absolute atomic E-state index is 13.7. The van der Waals surface area contributed by atoms with Gasteiger partial charge in [0.15, 0.2) is 18.3 Å². The van der Waals surface area contributed by atoms with Crippen molar-refractivity contribution in [3.8, 4) is 0 Å². The third-order valence-electron chi connectivity index (χ3n) is 13.8. The van der Waals surface area contributed by atoms with E-state index in [1.807, 2.05) is 20.8 Å². The summed E-state index contributed by atoms with van der Waals surface area (Å²) in [6.45, 7) is 15.3. The van der Waals surface area contributed by atoms with Gasteiger partial charge in [-0.15, -0.1) is 0 Å².